The maximum Gasteiger partial charge on any atom is 0.262 e. The summed E-state index contributed by atoms with van der Waals surface area (Å²) in [6.45, 7) is 0. The van der Waals surface area contributed by atoms with Gasteiger partial charge in [-0.2, -0.15) is 0 Å². The summed E-state index contributed by atoms with van der Waals surface area (Å²) in [6, 6.07) is 9.76. The lowest BCUT2D eigenvalue weighted by Gasteiger charge is -2.02. The van der Waals surface area contributed by atoms with Gasteiger partial charge in [-0.3, -0.25) is 20.4 Å². The lowest BCUT2D eigenvalue weighted by atomic mass is 10.2. The van der Waals surface area contributed by atoms with E-state index in [4.69, 9.17) is 46.4 Å². The van der Waals surface area contributed by atoms with E-state index < -0.39 is 11.8 Å². The fourth-order valence-corrected chi connectivity index (χ4v) is 2.98. The van der Waals surface area contributed by atoms with Crippen LogP contribution in [0.15, 0.2) is 48.6 Å². The number of benzene rings is 2. The number of hydrogen-bond donors (Lipinski definition) is 2. The van der Waals surface area contributed by atoms with Crippen LogP contribution in [0.3, 0.4) is 0 Å². The molecule has 0 unspecified atom stereocenters. The number of nitrogens with one attached hydrogen (secondary N) is 2. The van der Waals surface area contributed by atoms with Crippen molar-refractivity contribution in [1.29, 1.82) is 0 Å². The lowest BCUT2D eigenvalue weighted by Crippen LogP contribution is -2.39. The van der Waals surface area contributed by atoms with Crippen molar-refractivity contribution < 1.29 is 9.59 Å². The predicted molar refractivity (Wildman–Crippen MR) is 107 cm³/mol. The highest BCUT2D eigenvalue weighted by Crippen LogP contribution is 2.20. The van der Waals surface area contributed by atoms with Gasteiger partial charge in [0.25, 0.3) is 11.8 Å². The normalized spacial score (nSPS) is 11.1. The third kappa shape index (κ3) is 7.10. The molecule has 2 rings (SSSR count). The van der Waals surface area contributed by atoms with Gasteiger partial charge < -0.3 is 0 Å². The first-order valence-corrected chi connectivity index (χ1v) is 8.71. The zero-order valence-electron chi connectivity index (χ0n) is 13.1. The summed E-state index contributed by atoms with van der Waals surface area (Å²) < 4.78 is 0. The summed E-state index contributed by atoms with van der Waals surface area (Å²) >= 11 is 23.5. The van der Waals surface area contributed by atoms with Gasteiger partial charge in [0.15, 0.2) is 0 Å². The molecule has 134 valence electrons. The highest BCUT2D eigenvalue weighted by molar-refractivity contribution is 6.35. The fourth-order valence-electron chi connectivity index (χ4n) is 1.89. The molecule has 0 saturated carbocycles. The fraction of sp³-hybridized carbons (Fsp3) is 0. The Morgan fingerprint density at radius 1 is 0.615 bits per heavy atom. The molecule has 0 atom stereocenters. The number of hydrogen-bond acceptors (Lipinski definition) is 2. The van der Waals surface area contributed by atoms with Crippen molar-refractivity contribution >= 4 is 70.4 Å². The Balaban J connectivity index is 1.87. The molecule has 0 fully saturated rings. The Kier molecular flexibility index (Phi) is 7.54. The zero-order valence-corrected chi connectivity index (χ0v) is 16.1. The van der Waals surface area contributed by atoms with Crippen LogP contribution in [0.1, 0.15) is 11.1 Å². The minimum Gasteiger partial charge on any atom is -0.268 e. The zero-order chi connectivity index (χ0) is 19.1. The molecule has 2 aromatic carbocycles. The molecule has 2 aromatic rings. The molecule has 0 spiro atoms. The number of hydrazine groups is 1. The van der Waals surface area contributed by atoms with Gasteiger partial charge in [0, 0.05) is 32.2 Å². The van der Waals surface area contributed by atoms with Crippen LogP contribution in [0.25, 0.3) is 12.2 Å². The molecule has 4 nitrogen and oxygen atoms in total. The van der Waals surface area contributed by atoms with E-state index >= 15 is 0 Å². The van der Waals surface area contributed by atoms with Gasteiger partial charge in [0.05, 0.1) is 0 Å². The quantitative estimate of drug-likeness (QED) is 0.520. The van der Waals surface area contributed by atoms with E-state index in [0.29, 0.717) is 31.2 Å². The van der Waals surface area contributed by atoms with Crippen molar-refractivity contribution in [3.05, 3.63) is 79.8 Å². The average Bonchev–Trinajstić information content (AvgIpc) is 2.54. The number of carbonyl (C=O) groups excluding carboxylic acids is 2. The highest BCUT2D eigenvalue weighted by Gasteiger charge is 2.00. The van der Waals surface area contributed by atoms with Crippen LogP contribution in [0, 0.1) is 0 Å². The van der Waals surface area contributed by atoms with E-state index in [0.717, 1.165) is 0 Å². The summed E-state index contributed by atoms with van der Waals surface area (Å²) in [5, 5.41) is 1.82. The van der Waals surface area contributed by atoms with Gasteiger partial charge in [0.1, 0.15) is 0 Å². The molecule has 0 aliphatic rings. The van der Waals surface area contributed by atoms with E-state index in [1.807, 2.05) is 0 Å². The minimum atomic E-state index is -0.520. The first kappa shape index (κ1) is 20.3. The standard InChI is InChI=1S/C18H12Cl4N2O2/c19-13-5-11(6-14(20)9-13)1-3-17(25)23-24-18(26)4-2-12-7-15(21)10-16(22)8-12/h1-10H,(H,23,25)(H,24,26)/b3-1+,4-2+. The predicted octanol–water partition coefficient (Wildman–Crippen LogP) is 5.17. The Hall–Kier alpha value is -1.98. The molecule has 8 heteroatoms. The molecule has 0 aromatic heterocycles. The first-order chi connectivity index (χ1) is 12.3. The van der Waals surface area contributed by atoms with E-state index in [1.54, 1.807) is 36.4 Å². The molecule has 0 bridgehead atoms. The van der Waals surface area contributed by atoms with E-state index in [2.05, 4.69) is 10.9 Å². The van der Waals surface area contributed by atoms with Gasteiger partial charge >= 0.3 is 0 Å². The van der Waals surface area contributed by atoms with E-state index in [-0.39, 0.29) is 0 Å². The van der Waals surface area contributed by atoms with Gasteiger partial charge in [-0.05, 0) is 59.7 Å². The molecule has 0 aliphatic carbocycles. The van der Waals surface area contributed by atoms with Crippen LogP contribution in [0.2, 0.25) is 20.1 Å². The first-order valence-electron chi connectivity index (χ1n) is 7.20. The molecule has 2 N–H and O–H groups in total. The van der Waals surface area contributed by atoms with Crippen molar-refractivity contribution in [3.8, 4) is 0 Å². The second kappa shape index (κ2) is 9.64. The van der Waals surface area contributed by atoms with Crippen LogP contribution in [-0.2, 0) is 9.59 Å². The van der Waals surface area contributed by atoms with Crippen molar-refractivity contribution in [2.24, 2.45) is 0 Å². The number of carbonyl (C=O) groups is 2. The molecule has 0 radical (unpaired) electrons. The molecule has 0 aliphatic heterocycles. The largest absolute Gasteiger partial charge is 0.268 e. The Morgan fingerprint density at radius 2 is 0.923 bits per heavy atom. The van der Waals surface area contributed by atoms with Crippen molar-refractivity contribution in [2.75, 3.05) is 0 Å². The summed E-state index contributed by atoms with van der Waals surface area (Å²) in [6.07, 6.45) is 5.51. The third-order valence-corrected chi connectivity index (χ3v) is 3.81. The molecule has 0 heterocycles. The van der Waals surface area contributed by atoms with Crippen LogP contribution >= 0.6 is 46.4 Å². The lowest BCUT2D eigenvalue weighted by molar-refractivity contribution is -0.123. The molecule has 2 amide bonds. The number of rotatable bonds is 4. The van der Waals surface area contributed by atoms with Gasteiger partial charge in [-0.1, -0.05) is 46.4 Å². The van der Waals surface area contributed by atoms with Crippen LogP contribution < -0.4 is 10.9 Å². The Morgan fingerprint density at radius 3 is 1.23 bits per heavy atom. The minimum absolute atomic E-state index is 0.456. The van der Waals surface area contributed by atoms with Gasteiger partial charge in [-0.25, -0.2) is 0 Å². The van der Waals surface area contributed by atoms with Crippen molar-refractivity contribution in [1.82, 2.24) is 10.9 Å². The average molecular weight is 430 g/mol. The van der Waals surface area contributed by atoms with Crippen molar-refractivity contribution in [3.63, 3.8) is 0 Å². The van der Waals surface area contributed by atoms with Gasteiger partial charge in [-0.15, -0.1) is 0 Å². The summed E-state index contributed by atoms with van der Waals surface area (Å²) in [5.74, 6) is -1.04. The number of amides is 2. The molecular weight excluding hydrogens is 418 g/mol. The Labute approximate surface area is 170 Å². The summed E-state index contributed by atoms with van der Waals surface area (Å²) in [4.78, 5) is 23.4. The van der Waals surface area contributed by atoms with E-state index in [1.165, 1.54) is 24.3 Å². The van der Waals surface area contributed by atoms with Gasteiger partial charge in [0.2, 0.25) is 0 Å². The van der Waals surface area contributed by atoms with Crippen LogP contribution in [-0.4, -0.2) is 11.8 Å². The van der Waals surface area contributed by atoms with E-state index in [9.17, 15) is 9.59 Å². The maximum atomic E-state index is 11.7. The highest BCUT2D eigenvalue weighted by atomic mass is 35.5. The topological polar surface area (TPSA) is 58.2 Å². The Bertz CT molecular complexity index is 781. The maximum absolute atomic E-state index is 11.7. The van der Waals surface area contributed by atoms with Crippen LogP contribution in [0.5, 0.6) is 0 Å². The summed E-state index contributed by atoms with van der Waals surface area (Å²) in [7, 11) is 0. The number of halogens is 4. The van der Waals surface area contributed by atoms with Crippen LogP contribution in [0.4, 0.5) is 0 Å². The monoisotopic (exact) mass is 428 g/mol. The molecular formula is C18H12Cl4N2O2. The van der Waals surface area contributed by atoms with Crippen molar-refractivity contribution in [2.45, 2.75) is 0 Å². The molecule has 0 saturated heterocycles. The SMILES string of the molecule is O=C(/C=C/c1cc(Cl)cc(Cl)c1)NNC(=O)/C=C/c1cc(Cl)cc(Cl)c1. The second-order valence-electron chi connectivity index (χ2n) is 5.05. The summed E-state index contributed by atoms with van der Waals surface area (Å²) in [5.41, 5.74) is 5.80. The molecule has 26 heavy (non-hydrogen) atoms. The second-order valence-corrected chi connectivity index (χ2v) is 6.80. The third-order valence-electron chi connectivity index (χ3n) is 2.93. The smallest absolute Gasteiger partial charge is 0.262 e.